The van der Waals surface area contributed by atoms with E-state index in [0.717, 1.165) is 0 Å². The number of pyridine rings is 1. The van der Waals surface area contributed by atoms with Gasteiger partial charge in [0.25, 0.3) is 0 Å². The molecule has 0 aliphatic rings. The van der Waals surface area contributed by atoms with Gasteiger partial charge in [-0.2, -0.15) is 5.26 Å². The summed E-state index contributed by atoms with van der Waals surface area (Å²) in [6, 6.07) is 8.61. The number of nitriles is 1. The van der Waals surface area contributed by atoms with Gasteiger partial charge in [-0.15, -0.1) is 13.2 Å². The smallest absolute Gasteiger partial charge is 0.406 e. The van der Waals surface area contributed by atoms with Crippen LogP contribution >= 0.6 is 11.6 Å². The predicted octanol–water partition coefficient (Wildman–Crippen LogP) is 4.17. The Morgan fingerprint density at radius 2 is 1.80 bits per heavy atom. The van der Waals surface area contributed by atoms with Crippen molar-refractivity contribution in [2.24, 2.45) is 0 Å². The number of aromatic nitrogens is 1. The second-order valence-electron chi connectivity index (χ2n) is 3.74. The SMILES string of the molecule is N#Cc1ncc(-c2ccc(OC(F)(F)F)cc2)cc1Cl. The Kier molecular flexibility index (Phi) is 3.81. The molecule has 0 spiro atoms. The van der Waals surface area contributed by atoms with Crippen LogP contribution in [0.1, 0.15) is 5.69 Å². The van der Waals surface area contributed by atoms with Crippen molar-refractivity contribution in [2.75, 3.05) is 0 Å². The molecule has 0 bridgehead atoms. The normalized spacial score (nSPS) is 10.9. The highest BCUT2D eigenvalue weighted by Crippen LogP contribution is 2.27. The van der Waals surface area contributed by atoms with Crippen molar-refractivity contribution in [3.8, 4) is 22.9 Å². The summed E-state index contributed by atoms with van der Waals surface area (Å²) in [5.41, 5.74) is 1.29. The van der Waals surface area contributed by atoms with Gasteiger partial charge in [-0.1, -0.05) is 23.7 Å². The largest absolute Gasteiger partial charge is 0.573 e. The van der Waals surface area contributed by atoms with Gasteiger partial charge in [0.2, 0.25) is 0 Å². The number of rotatable bonds is 2. The van der Waals surface area contributed by atoms with Crippen LogP contribution in [0.2, 0.25) is 5.02 Å². The van der Waals surface area contributed by atoms with Crippen molar-refractivity contribution in [2.45, 2.75) is 6.36 Å². The molecular formula is C13H6ClF3N2O. The van der Waals surface area contributed by atoms with E-state index in [4.69, 9.17) is 16.9 Å². The minimum atomic E-state index is -4.72. The Morgan fingerprint density at radius 3 is 2.30 bits per heavy atom. The molecule has 20 heavy (non-hydrogen) atoms. The third kappa shape index (κ3) is 3.39. The van der Waals surface area contributed by atoms with Gasteiger partial charge in [-0.05, 0) is 23.8 Å². The standard InChI is InChI=1S/C13H6ClF3N2O/c14-11-5-9(7-19-12(11)6-18)8-1-3-10(4-2-8)20-13(15,16)17/h1-5,7H. The highest BCUT2D eigenvalue weighted by molar-refractivity contribution is 6.31. The van der Waals surface area contributed by atoms with E-state index in [-0.39, 0.29) is 16.5 Å². The summed E-state index contributed by atoms with van der Waals surface area (Å²) in [6.45, 7) is 0. The first kappa shape index (κ1) is 14.2. The Hall–Kier alpha value is -2.26. The Balaban J connectivity index is 2.26. The third-order valence-electron chi connectivity index (χ3n) is 2.37. The molecule has 0 aliphatic carbocycles. The lowest BCUT2D eigenvalue weighted by Crippen LogP contribution is -2.16. The summed E-state index contributed by atoms with van der Waals surface area (Å²) in [5.74, 6) is -0.311. The van der Waals surface area contributed by atoms with E-state index in [0.29, 0.717) is 11.1 Å². The first-order valence-corrected chi connectivity index (χ1v) is 5.68. The van der Waals surface area contributed by atoms with Crippen LogP contribution in [0.25, 0.3) is 11.1 Å². The van der Waals surface area contributed by atoms with Crippen molar-refractivity contribution in [1.82, 2.24) is 4.98 Å². The molecule has 1 aromatic heterocycles. The van der Waals surface area contributed by atoms with E-state index in [1.54, 1.807) is 0 Å². The summed E-state index contributed by atoms with van der Waals surface area (Å²) in [5, 5.41) is 8.89. The number of nitrogens with zero attached hydrogens (tertiary/aromatic N) is 2. The lowest BCUT2D eigenvalue weighted by molar-refractivity contribution is -0.274. The number of hydrogen-bond acceptors (Lipinski definition) is 3. The molecule has 0 atom stereocenters. The molecule has 0 amide bonds. The van der Waals surface area contributed by atoms with Gasteiger partial charge in [-0.25, -0.2) is 4.98 Å². The van der Waals surface area contributed by atoms with E-state index >= 15 is 0 Å². The Morgan fingerprint density at radius 1 is 1.15 bits per heavy atom. The van der Waals surface area contributed by atoms with E-state index < -0.39 is 6.36 Å². The lowest BCUT2D eigenvalue weighted by atomic mass is 10.1. The fraction of sp³-hybridized carbons (Fsp3) is 0.0769. The summed E-state index contributed by atoms with van der Waals surface area (Å²) in [7, 11) is 0. The molecule has 102 valence electrons. The van der Waals surface area contributed by atoms with E-state index in [2.05, 4.69) is 9.72 Å². The molecule has 0 saturated carbocycles. The average molecular weight is 299 g/mol. The third-order valence-corrected chi connectivity index (χ3v) is 2.66. The van der Waals surface area contributed by atoms with E-state index in [9.17, 15) is 13.2 Å². The summed E-state index contributed by atoms with van der Waals surface area (Å²) < 4.78 is 39.8. The Labute approximate surface area is 117 Å². The molecule has 0 aliphatic heterocycles. The maximum atomic E-state index is 12.0. The highest BCUT2D eigenvalue weighted by Gasteiger charge is 2.30. The number of alkyl halides is 3. The van der Waals surface area contributed by atoms with Gasteiger partial charge >= 0.3 is 6.36 Å². The molecule has 3 nitrogen and oxygen atoms in total. The van der Waals surface area contributed by atoms with Crippen molar-refractivity contribution >= 4 is 11.6 Å². The number of hydrogen-bond donors (Lipinski definition) is 0. The average Bonchev–Trinajstić information content (AvgIpc) is 2.37. The second-order valence-corrected chi connectivity index (χ2v) is 4.15. The van der Waals surface area contributed by atoms with Crippen LogP contribution in [0.3, 0.4) is 0 Å². The highest BCUT2D eigenvalue weighted by atomic mass is 35.5. The van der Waals surface area contributed by atoms with Crippen molar-refractivity contribution < 1.29 is 17.9 Å². The maximum Gasteiger partial charge on any atom is 0.573 e. The zero-order chi connectivity index (χ0) is 14.8. The Bertz CT molecular complexity index is 663. The fourth-order valence-corrected chi connectivity index (χ4v) is 1.74. The van der Waals surface area contributed by atoms with Crippen molar-refractivity contribution in [1.29, 1.82) is 5.26 Å². The van der Waals surface area contributed by atoms with Gasteiger partial charge in [0.1, 0.15) is 11.8 Å². The molecule has 0 unspecified atom stereocenters. The summed E-state index contributed by atoms with van der Waals surface area (Å²) >= 11 is 5.84. The molecule has 1 heterocycles. The van der Waals surface area contributed by atoms with Crippen LogP contribution < -0.4 is 4.74 Å². The van der Waals surface area contributed by atoms with Gasteiger partial charge in [-0.3, -0.25) is 0 Å². The maximum absolute atomic E-state index is 12.0. The molecule has 7 heteroatoms. The summed E-state index contributed by atoms with van der Waals surface area (Å²) in [4.78, 5) is 3.85. The topological polar surface area (TPSA) is 45.9 Å². The molecule has 0 fully saturated rings. The predicted molar refractivity (Wildman–Crippen MR) is 66.1 cm³/mol. The lowest BCUT2D eigenvalue weighted by Gasteiger charge is -2.09. The van der Waals surface area contributed by atoms with Gasteiger partial charge in [0.05, 0.1) is 5.02 Å². The number of halogens is 4. The van der Waals surface area contributed by atoms with Crippen LogP contribution in [0, 0.1) is 11.3 Å². The molecule has 0 saturated heterocycles. The van der Waals surface area contributed by atoms with Crippen molar-refractivity contribution in [3.05, 3.63) is 47.2 Å². The molecule has 1 aromatic carbocycles. The van der Waals surface area contributed by atoms with Gasteiger partial charge in [0, 0.05) is 11.8 Å². The van der Waals surface area contributed by atoms with Crippen LogP contribution in [0.15, 0.2) is 36.5 Å². The van der Waals surface area contributed by atoms with E-state index in [1.807, 2.05) is 6.07 Å². The van der Waals surface area contributed by atoms with Crippen molar-refractivity contribution in [3.63, 3.8) is 0 Å². The molecule has 0 radical (unpaired) electrons. The van der Waals surface area contributed by atoms with Crippen LogP contribution in [-0.2, 0) is 0 Å². The minimum absolute atomic E-state index is 0.0902. The zero-order valence-electron chi connectivity index (χ0n) is 9.78. The molecule has 2 rings (SSSR count). The summed E-state index contributed by atoms with van der Waals surface area (Å²) in [6.07, 6.45) is -3.30. The first-order chi connectivity index (χ1) is 9.39. The minimum Gasteiger partial charge on any atom is -0.406 e. The molecular weight excluding hydrogens is 293 g/mol. The van der Waals surface area contributed by atoms with Crippen LogP contribution in [0.4, 0.5) is 13.2 Å². The van der Waals surface area contributed by atoms with Gasteiger partial charge < -0.3 is 4.74 Å². The van der Waals surface area contributed by atoms with E-state index in [1.165, 1.54) is 36.5 Å². The monoisotopic (exact) mass is 298 g/mol. The van der Waals surface area contributed by atoms with Crippen LogP contribution in [0.5, 0.6) is 5.75 Å². The van der Waals surface area contributed by atoms with Gasteiger partial charge in [0.15, 0.2) is 5.69 Å². The number of ether oxygens (including phenoxy) is 1. The quantitative estimate of drug-likeness (QED) is 0.836. The molecule has 0 N–H and O–H groups in total. The van der Waals surface area contributed by atoms with Crippen LogP contribution in [-0.4, -0.2) is 11.3 Å². The first-order valence-electron chi connectivity index (χ1n) is 5.31. The molecule has 2 aromatic rings. The second kappa shape index (κ2) is 5.39. The fourth-order valence-electron chi connectivity index (χ4n) is 1.53. The number of benzene rings is 1. The zero-order valence-corrected chi connectivity index (χ0v) is 10.5.